The van der Waals surface area contributed by atoms with Gasteiger partial charge in [0.05, 0.1) is 28.6 Å². The molecule has 1 aromatic rings. The minimum absolute atomic E-state index is 0.164. The smallest absolute Gasteiger partial charge is 0.407 e. The number of rotatable bonds is 6. The van der Waals surface area contributed by atoms with Crippen LogP contribution in [0.25, 0.3) is 0 Å². The van der Waals surface area contributed by atoms with E-state index in [1.807, 2.05) is 30.3 Å². The van der Waals surface area contributed by atoms with Crippen LogP contribution in [0.3, 0.4) is 0 Å². The second-order valence-corrected chi connectivity index (χ2v) is 7.18. The summed E-state index contributed by atoms with van der Waals surface area (Å²) in [6, 6.07) is 9.03. The molecule has 7 heteroatoms. The van der Waals surface area contributed by atoms with E-state index in [1.54, 1.807) is 22.6 Å². The maximum Gasteiger partial charge on any atom is 0.407 e. The lowest BCUT2D eigenvalue weighted by molar-refractivity contribution is -0.309. The molecule has 0 aliphatic carbocycles. The number of alkyl halides is 1. The van der Waals surface area contributed by atoms with E-state index >= 15 is 0 Å². The number of carboxylic acid groups (broad SMARTS) is 1. The minimum Gasteiger partial charge on any atom is -0.549 e. The lowest BCUT2D eigenvalue weighted by Crippen LogP contribution is -2.55. The van der Waals surface area contributed by atoms with Gasteiger partial charge in [-0.2, -0.15) is 0 Å². The largest absolute Gasteiger partial charge is 0.549 e. The molecule has 1 saturated heterocycles. The zero-order chi connectivity index (χ0) is 15.5. The summed E-state index contributed by atoms with van der Waals surface area (Å²) >= 11 is 1.72. The first-order chi connectivity index (χ1) is 9.91. The van der Waals surface area contributed by atoms with Crippen LogP contribution in [0.4, 0.5) is 4.79 Å². The highest BCUT2D eigenvalue weighted by atomic mass is 127. The van der Waals surface area contributed by atoms with Crippen molar-refractivity contribution in [2.24, 2.45) is 0 Å². The molecule has 21 heavy (non-hydrogen) atoms. The summed E-state index contributed by atoms with van der Waals surface area (Å²) in [6.45, 7) is 2.00. The molecule has 0 bridgehead atoms. The Balaban J connectivity index is 1.94. The highest BCUT2D eigenvalue weighted by molar-refractivity contribution is 14.1. The van der Waals surface area contributed by atoms with E-state index in [4.69, 9.17) is 9.47 Å². The van der Waals surface area contributed by atoms with Gasteiger partial charge in [-0.25, -0.2) is 4.79 Å². The van der Waals surface area contributed by atoms with Crippen LogP contribution < -0.4 is 10.4 Å². The topological polar surface area (TPSA) is 87.7 Å². The van der Waals surface area contributed by atoms with Crippen LogP contribution in [0.15, 0.2) is 30.3 Å². The van der Waals surface area contributed by atoms with Crippen LogP contribution in [0.5, 0.6) is 0 Å². The third-order valence-corrected chi connectivity index (χ3v) is 4.30. The van der Waals surface area contributed by atoms with Gasteiger partial charge in [-0.3, -0.25) is 0 Å². The second-order valence-electron chi connectivity index (χ2n) is 4.94. The predicted molar refractivity (Wildman–Crippen MR) is 80.7 cm³/mol. The van der Waals surface area contributed by atoms with Crippen molar-refractivity contribution < 1.29 is 24.2 Å². The number of hydrogen-bond acceptors (Lipinski definition) is 5. The molecule has 1 heterocycles. The van der Waals surface area contributed by atoms with Gasteiger partial charge in [0.25, 0.3) is 0 Å². The molecule has 1 fully saturated rings. The molecule has 0 radical (unpaired) electrons. The van der Waals surface area contributed by atoms with Crippen LogP contribution in [-0.4, -0.2) is 34.2 Å². The molecule has 1 aliphatic heterocycles. The van der Waals surface area contributed by atoms with Crippen molar-refractivity contribution in [2.75, 3.05) is 6.61 Å². The van der Waals surface area contributed by atoms with Gasteiger partial charge in [-0.05, 0) is 12.5 Å². The Bertz CT molecular complexity index is 519. The monoisotopic (exact) mass is 404 g/mol. The quantitative estimate of drug-likeness (QED) is 0.555. The summed E-state index contributed by atoms with van der Waals surface area (Å²) < 4.78 is 9.27. The van der Waals surface area contributed by atoms with Crippen molar-refractivity contribution in [3.63, 3.8) is 0 Å². The molecule has 0 aromatic heterocycles. The number of aliphatic carboxylic acids is 1. The Hall–Kier alpha value is -1.35. The number of carbonyl (C=O) groups is 2. The Morgan fingerprint density at radius 3 is 2.76 bits per heavy atom. The average Bonchev–Trinajstić information content (AvgIpc) is 2.81. The zero-order valence-electron chi connectivity index (χ0n) is 11.4. The van der Waals surface area contributed by atoms with Gasteiger partial charge in [-0.15, -0.1) is 0 Å². The molecule has 0 saturated carbocycles. The number of halogens is 1. The van der Waals surface area contributed by atoms with Crippen LogP contribution in [0.1, 0.15) is 12.5 Å². The minimum atomic E-state index is -1.32. The van der Waals surface area contributed by atoms with Gasteiger partial charge in [-0.1, -0.05) is 52.9 Å². The molecule has 1 N–H and O–H groups in total. The SMILES string of the molecule is C[C@@](I)(C(=O)[O-])[C@H]1OC(=O)N[C@@H]1COCc1ccccc1. The highest BCUT2D eigenvalue weighted by Gasteiger charge is 2.46. The van der Waals surface area contributed by atoms with Crippen LogP contribution in [0.2, 0.25) is 0 Å². The van der Waals surface area contributed by atoms with E-state index in [-0.39, 0.29) is 6.61 Å². The van der Waals surface area contributed by atoms with E-state index in [1.165, 1.54) is 6.92 Å². The fraction of sp³-hybridized carbons (Fsp3) is 0.429. The maximum atomic E-state index is 11.4. The van der Waals surface area contributed by atoms with E-state index in [9.17, 15) is 14.7 Å². The lowest BCUT2D eigenvalue weighted by atomic mass is 9.99. The Labute approximate surface area is 136 Å². The summed E-state index contributed by atoms with van der Waals surface area (Å²) in [5.41, 5.74) is 0.997. The van der Waals surface area contributed by atoms with Gasteiger partial charge in [0.15, 0.2) is 0 Å². The van der Waals surface area contributed by atoms with Gasteiger partial charge in [0, 0.05) is 0 Å². The first-order valence-electron chi connectivity index (χ1n) is 6.40. The van der Waals surface area contributed by atoms with Crippen molar-refractivity contribution >= 4 is 34.7 Å². The highest BCUT2D eigenvalue weighted by Crippen LogP contribution is 2.30. The van der Waals surface area contributed by atoms with E-state index in [0.29, 0.717) is 6.61 Å². The number of alkyl carbamates (subject to hydrolysis) is 1. The summed E-state index contributed by atoms with van der Waals surface area (Å²) in [5.74, 6) is -1.28. The molecule has 2 rings (SSSR count). The summed E-state index contributed by atoms with van der Waals surface area (Å²) in [7, 11) is 0. The average molecular weight is 404 g/mol. The summed E-state index contributed by atoms with van der Waals surface area (Å²) in [6.07, 6.45) is -1.48. The van der Waals surface area contributed by atoms with Gasteiger partial charge >= 0.3 is 6.09 Å². The van der Waals surface area contributed by atoms with Gasteiger partial charge in [0.1, 0.15) is 6.10 Å². The standard InChI is InChI=1S/C14H16INO5/c1-14(15,12(17)18)11-10(16-13(19)21-11)8-20-7-9-5-3-2-4-6-9/h2-6,10-11H,7-8H2,1H3,(H,16,19)(H,17,18)/p-1/t10-,11+,14+/m1/s1. The molecule has 3 atom stereocenters. The third kappa shape index (κ3) is 3.85. The van der Waals surface area contributed by atoms with Gasteiger partial charge < -0.3 is 24.7 Å². The van der Waals surface area contributed by atoms with E-state index in [2.05, 4.69) is 5.32 Å². The number of amides is 1. The molecule has 1 aliphatic rings. The maximum absolute atomic E-state index is 11.4. The van der Waals surface area contributed by atoms with Crippen LogP contribution in [0, 0.1) is 0 Å². The Morgan fingerprint density at radius 2 is 2.14 bits per heavy atom. The molecule has 1 amide bonds. The Morgan fingerprint density at radius 1 is 1.48 bits per heavy atom. The fourth-order valence-electron chi connectivity index (χ4n) is 2.07. The van der Waals surface area contributed by atoms with E-state index < -0.39 is 27.6 Å². The van der Waals surface area contributed by atoms with Crippen molar-refractivity contribution in [1.29, 1.82) is 0 Å². The van der Waals surface area contributed by atoms with Crippen molar-refractivity contribution in [3.05, 3.63) is 35.9 Å². The van der Waals surface area contributed by atoms with Crippen LogP contribution >= 0.6 is 22.6 Å². The van der Waals surface area contributed by atoms with E-state index in [0.717, 1.165) is 5.56 Å². The first-order valence-corrected chi connectivity index (χ1v) is 7.48. The molecular weight excluding hydrogens is 389 g/mol. The number of hydrogen-bond donors (Lipinski definition) is 1. The normalized spacial score (nSPS) is 24.0. The second kappa shape index (κ2) is 6.61. The van der Waals surface area contributed by atoms with Crippen molar-refractivity contribution in [1.82, 2.24) is 5.32 Å². The third-order valence-electron chi connectivity index (χ3n) is 3.25. The van der Waals surface area contributed by atoms with Gasteiger partial charge in [0.2, 0.25) is 0 Å². The first kappa shape index (κ1) is 16.0. The predicted octanol–water partition coefficient (Wildman–Crippen LogP) is 0.624. The molecule has 1 aromatic carbocycles. The lowest BCUT2D eigenvalue weighted by Gasteiger charge is -2.31. The van der Waals surface area contributed by atoms with Crippen molar-refractivity contribution in [2.45, 2.75) is 29.1 Å². The summed E-state index contributed by atoms with van der Waals surface area (Å²) in [5, 5.41) is 13.7. The number of cyclic esters (lactones) is 1. The number of ether oxygens (including phenoxy) is 2. The zero-order valence-corrected chi connectivity index (χ0v) is 13.5. The molecule has 114 valence electrons. The molecule has 6 nitrogen and oxygen atoms in total. The number of benzene rings is 1. The number of nitrogens with one attached hydrogen (secondary N) is 1. The number of carbonyl (C=O) groups excluding carboxylic acids is 2. The van der Waals surface area contributed by atoms with Crippen molar-refractivity contribution in [3.8, 4) is 0 Å². The molecule has 0 unspecified atom stereocenters. The van der Waals surface area contributed by atoms with Crippen LogP contribution in [-0.2, 0) is 20.9 Å². The number of carboxylic acids is 1. The fourth-order valence-corrected chi connectivity index (χ4v) is 2.63. The molecule has 0 spiro atoms. The molecular formula is C14H15INO5-. The summed E-state index contributed by atoms with van der Waals surface area (Å²) in [4.78, 5) is 22.5. The Kier molecular flexibility index (Phi) is 5.04.